The molecule has 172 valence electrons. The van der Waals surface area contributed by atoms with Gasteiger partial charge in [-0.2, -0.15) is 0 Å². The second-order valence-electron chi connectivity index (χ2n) is 7.63. The highest BCUT2D eigenvalue weighted by Crippen LogP contribution is 2.27. The molecule has 8 nitrogen and oxygen atoms in total. The van der Waals surface area contributed by atoms with Gasteiger partial charge in [0, 0.05) is 21.5 Å². The molecule has 1 saturated heterocycles. The highest BCUT2D eigenvalue weighted by molar-refractivity contribution is 9.10. The molecule has 9 heteroatoms. The van der Waals surface area contributed by atoms with Crippen molar-refractivity contribution in [3.63, 3.8) is 0 Å². The van der Waals surface area contributed by atoms with E-state index in [9.17, 15) is 19.2 Å². The summed E-state index contributed by atoms with van der Waals surface area (Å²) in [7, 11) is 1.32. The van der Waals surface area contributed by atoms with Crippen LogP contribution in [0.2, 0.25) is 0 Å². The molecule has 0 atom stereocenters. The quantitative estimate of drug-likeness (QED) is 0.313. The molecule has 4 rings (SSSR count). The highest BCUT2D eigenvalue weighted by atomic mass is 79.9. The average Bonchev–Trinajstić information content (AvgIpc) is 3.10. The average molecular weight is 522 g/mol. The van der Waals surface area contributed by atoms with E-state index in [1.165, 1.54) is 13.2 Å². The van der Waals surface area contributed by atoms with Crippen LogP contribution in [0.25, 0.3) is 11.8 Å². The fourth-order valence-corrected chi connectivity index (χ4v) is 4.10. The summed E-state index contributed by atoms with van der Waals surface area (Å²) in [4.78, 5) is 50.8. The van der Waals surface area contributed by atoms with Crippen molar-refractivity contribution in [2.75, 3.05) is 12.0 Å². The van der Waals surface area contributed by atoms with Crippen LogP contribution in [0.4, 0.5) is 10.5 Å². The molecule has 1 aromatic heterocycles. The lowest BCUT2D eigenvalue weighted by molar-refractivity contribution is -0.122. The van der Waals surface area contributed by atoms with Gasteiger partial charge in [-0.25, -0.2) is 14.5 Å². The second kappa shape index (κ2) is 9.11. The van der Waals surface area contributed by atoms with Crippen LogP contribution in [0.15, 0.2) is 64.6 Å². The number of barbiturate groups is 1. The van der Waals surface area contributed by atoms with Crippen LogP contribution in [0.3, 0.4) is 0 Å². The molecule has 2 aromatic carbocycles. The molecule has 34 heavy (non-hydrogen) atoms. The Labute approximate surface area is 203 Å². The molecule has 1 N–H and O–H groups in total. The number of amides is 4. The minimum atomic E-state index is -0.800. The lowest BCUT2D eigenvalue weighted by atomic mass is 10.1. The number of aromatic nitrogens is 1. The predicted octanol–water partition coefficient (Wildman–Crippen LogP) is 4.31. The Bertz CT molecular complexity index is 1350. The van der Waals surface area contributed by atoms with Gasteiger partial charge < -0.3 is 9.30 Å². The van der Waals surface area contributed by atoms with Crippen molar-refractivity contribution in [2.24, 2.45) is 0 Å². The zero-order valence-corrected chi connectivity index (χ0v) is 20.2. The number of rotatable bonds is 4. The summed E-state index contributed by atoms with van der Waals surface area (Å²) in [6.07, 6.45) is 1.48. The summed E-state index contributed by atoms with van der Waals surface area (Å²) >= 11 is 3.32. The van der Waals surface area contributed by atoms with E-state index in [4.69, 9.17) is 4.74 Å². The smallest absolute Gasteiger partial charge is 0.337 e. The Balaban J connectivity index is 1.71. The molecule has 3 aromatic rings. The lowest BCUT2D eigenvalue weighted by Gasteiger charge is -2.26. The fraction of sp³-hybridized carbons (Fsp3) is 0.120. The molecule has 0 unspecified atom stereocenters. The maximum Gasteiger partial charge on any atom is 0.337 e. The largest absolute Gasteiger partial charge is 0.465 e. The van der Waals surface area contributed by atoms with Gasteiger partial charge in [0.25, 0.3) is 11.8 Å². The fourth-order valence-electron chi connectivity index (χ4n) is 3.83. The van der Waals surface area contributed by atoms with E-state index in [1.807, 2.05) is 24.5 Å². The molecule has 4 amide bonds. The Morgan fingerprint density at radius 1 is 0.971 bits per heavy atom. The van der Waals surface area contributed by atoms with Gasteiger partial charge >= 0.3 is 12.0 Å². The third-order valence-corrected chi connectivity index (χ3v) is 6.03. The maximum atomic E-state index is 13.2. The number of benzene rings is 2. The molecule has 1 aliphatic rings. The van der Waals surface area contributed by atoms with Gasteiger partial charge in [-0.05, 0) is 80.1 Å². The number of carbonyl (C=O) groups is 4. The number of imide groups is 2. The van der Waals surface area contributed by atoms with Crippen LogP contribution in [-0.4, -0.2) is 35.5 Å². The Morgan fingerprint density at radius 2 is 1.59 bits per heavy atom. The Hall–Kier alpha value is -3.98. The monoisotopic (exact) mass is 521 g/mol. The van der Waals surface area contributed by atoms with E-state index in [0.29, 0.717) is 16.8 Å². The molecule has 2 heterocycles. The van der Waals surface area contributed by atoms with Crippen molar-refractivity contribution in [2.45, 2.75) is 13.8 Å². The highest BCUT2D eigenvalue weighted by Gasteiger charge is 2.37. The van der Waals surface area contributed by atoms with Crippen molar-refractivity contribution < 1.29 is 23.9 Å². The Morgan fingerprint density at radius 3 is 2.21 bits per heavy atom. The van der Waals surface area contributed by atoms with E-state index in [0.717, 1.165) is 26.4 Å². The first-order valence-electron chi connectivity index (χ1n) is 10.3. The molecule has 1 fully saturated rings. The van der Waals surface area contributed by atoms with Gasteiger partial charge in [-0.15, -0.1) is 0 Å². The number of halogens is 1. The summed E-state index contributed by atoms with van der Waals surface area (Å²) in [5.41, 5.74) is 3.72. The van der Waals surface area contributed by atoms with Crippen LogP contribution >= 0.6 is 15.9 Å². The number of anilines is 1. The van der Waals surface area contributed by atoms with Crippen molar-refractivity contribution in [1.29, 1.82) is 0 Å². The number of aryl methyl sites for hydroxylation is 1. The minimum Gasteiger partial charge on any atom is -0.465 e. The van der Waals surface area contributed by atoms with Crippen molar-refractivity contribution in [3.05, 3.63) is 87.2 Å². The van der Waals surface area contributed by atoms with Gasteiger partial charge in [-0.1, -0.05) is 15.9 Å². The van der Waals surface area contributed by atoms with Gasteiger partial charge in [0.1, 0.15) is 5.57 Å². The number of carbonyl (C=O) groups excluding carboxylic acids is 4. The number of urea groups is 1. The Kier molecular flexibility index (Phi) is 6.21. The van der Waals surface area contributed by atoms with E-state index in [2.05, 4.69) is 21.2 Å². The van der Waals surface area contributed by atoms with Crippen molar-refractivity contribution >= 4 is 51.5 Å². The van der Waals surface area contributed by atoms with Gasteiger partial charge in [-0.3, -0.25) is 14.9 Å². The van der Waals surface area contributed by atoms with Gasteiger partial charge in [0.15, 0.2) is 0 Å². The SMILES string of the molecule is COC(=O)c1ccc(-n2c(C)cc(/C=C3/C(=O)NC(=O)N(c4ccc(Br)cc4)C3=O)c2C)cc1. The van der Waals surface area contributed by atoms with Crippen LogP contribution in [0, 0.1) is 13.8 Å². The molecule has 0 spiro atoms. The molecule has 0 bridgehead atoms. The molecule has 0 radical (unpaired) electrons. The second-order valence-corrected chi connectivity index (χ2v) is 8.55. The van der Waals surface area contributed by atoms with Crippen LogP contribution < -0.4 is 10.2 Å². The van der Waals surface area contributed by atoms with E-state index in [1.54, 1.807) is 48.5 Å². The molecule has 0 saturated carbocycles. The van der Waals surface area contributed by atoms with Gasteiger partial charge in [0.2, 0.25) is 0 Å². The number of nitrogens with zero attached hydrogens (tertiary/aromatic N) is 2. The minimum absolute atomic E-state index is 0.149. The zero-order chi connectivity index (χ0) is 24.6. The van der Waals surface area contributed by atoms with Crippen molar-refractivity contribution in [1.82, 2.24) is 9.88 Å². The van der Waals surface area contributed by atoms with Crippen molar-refractivity contribution in [3.8, 4) is 5.69 Å². The first-order valence-corrected chi connectivity index (χ1v) is 11.0. The standard InChI is InChI=1S/C25H20BrN3O5/c1-14-12-17(15(2)28(14)19-8-4-16(5-9-19)24(32)34-3)13-21-22(30)27-25(33)29(23(21)31)20-10-6-18(26)7-11-20/h4-13H,1-3H3,(H,27,30,33)/b21-13-. The maximum absolute atomic E-state index is 13.2. The summed E-state index contributed by atoms with van der Waals surface area (Å²) in [5, 5.41) is 2.23. The molecule has 1 aliphatic heterocycles. The summed E-state index contributed by atoms with van der Waals surface area (Å²) in [6, 6.07) is 14.6. The van der Waals surface area contributed by atoms with Crippen LogP contribution in [0.5, 0.6) is 0 Å². The first-order chi connectivity index (χ1) is 16.2. The lowest BCUT2D eigenvalue weighted by Crippen LogP contribution is -2.54. The van der Waals surface area contributed by atoms with E-state index >= 15 is 0 Å². The number of esters is 1. The summed E-state index contributed by atoms with van der Waals surface area (Å²) < 4.78 is 7.47. The normalized spacial score (nSPS) is 15.0. The number of hydrogen-bond donors (Lipinski definition) is 1. The zero-order valence-electron chi connectivity index (χ0n) is 18.6. The third kappa shape index (κ3) is 4.17. The molecular formula is C25H20BrN3O5. The molecular weight excluding hydrogens is 502 g/mol. The van der Waals surface area contributed by atoms with Gasteiger partial charge in [0.05, 0.1) is 18.4 Å². The van der Waals surface area contributed by atoms with E-state index < -0.39 is 23.8 Å². The first kappa shape index (κ1) is 23.2. The summed E-state index contributed by atoms with van der Waals surface area (Å²) in [5.74, 6) is -1.89. The number of ether oxygens (including phenoxy) is 1. The molecule has 0 aliphatic carbocycles. The summed E-state index contributed by atoms with van der Waals surface area (Å²) in [6.45, 7) is 3.75. The number of methoxy groups -OCH3 is 1. The number of nitrogens with one attached hydrogen (secondary N) is 1. The topological polar surface area (TPSA) is 97.7 Å². The van der Waals surface area contributed by atoms with Crippen LogP contribution in [0.1, 0.15) is 27.3 Å². The predicted molar refractivity (Wildman–Crippen MR) is 130 cm³/mol. The number of hydrogen-bond acceptors (Lipinski definition) is 5. The van der Waals surface area contributed by atoms with E-state index in [-0.39, 0.29) is 5.57 Å². The third-order valence-electron chi connectivity index (χ3n) is 5.50. The van der Waals surface area contributed by atoms with Crippen LogP contribution in [-0.2, 0) is 14.3 Å².